The van der Waals surface area contributed by atoms with E-state index in [-0.39, 0.29) is 0 Å². The summed E-state index contributed by atoms with van der Waals surface area (Å²) in [4.78, 5) is 10.4. The standard InChI is InChI=1S/C14H16BrClIN3S/c1-3-5-9-11(17)14(18-6-4-2)20-13(19-9)10-7-8(15)12(16)21-10/h7H,3-6H2,1-2H3,(H,18,19,20). The summed E-state index contributed by atoms with van der Waals surface area (Å²) in [5, 5.41) is 3.39. The van der Waals surface area contributed by atoms with Crippen molar-refractivity contribution in [1.29, 1.82) is 0 Å². The molecule has 2 rings (SSSR count). The number of thiophene rings is 1. The van der Waals surface area contributed by atoms with Crippen LogP contribution < -0.4 is 5.32 Å². The lowest BCUT2D eigenvalue weighted by Crippen LogP contribution is -2.09. The first-order valence-electron chi connectivity index (χ1n) is 6.82. The fourth-order valence-corrected chi connectivity index (χ4v) is 4.16. The van der Waals surface area contributed by atoms with Crippen LogP contribution in [0.2, 0.25) is 4.34 Å². The van der Waals surface area contributed by atoms with E-state index in [9.17, 15) is 0 Å². The minimum absolute atomic E-state index is 0.729. The lowest BCUT2D eigenvalue weighted by molar-refractivity contribution is 0.864. The van der Waals surface area contributed by atoms with Crippen molar-refractivity contribution in [3.63, 3.8) is 0 Å². The zero-order valence-electron chi connectivity index (χ0n) is 11.8. The average molecular weight is 501 g/mol. The van der Waals surface area contributed by atoms with E-state index in [1.807, 2.05) is 6.07 Å². The Morgan fingerprint density at radius 1 is 1.33 bits per heavy atom. The predicted molar refractivity (Wildman–Crippen MR) is 104 cm³/mol. The Hall–Kier alpha value is 0.0800. The topological polar surface area (TPSA) is 37.8 Å². The van der Waals surface area contributed by atoms with Crippen molar-refractivity contribution in [3.8, 4) is 10.7 Å². The molecule has 3 nitrogen and oxygen atoms in total. The Labute approximate surface area is 156 Å². The molecule has 0 saturated carbocycles. The maximum absolute atomic E-state index is 6.13. The molecular formula is C14H16BrClIN3S. The van der Waals surface area contributed by atoms with Crippen molar-refractivity contribution in [2.24, 2.45) is 0 Å². The molecule has 0 aromatic carbocycles. The summed E-state index contributed by atoms with van der Waals surface area (Å²) in [6, 6.07) is 1.98. The molecular weight excluding hydrogens is 485 g/mol. The van der Waals surface area contributed by atoms with Crippen LogP contribution in [0.25, 0.3) is 10.7 Å². The molecule has 0 amide bonds. The summed E-state index contributed by atoms with van der Waals surface area (Å²) in [6.45, 7) is 5.22. The Morgan fingerprint density at radius 3 is 2.67 bits per heavy atom. The molecule has 0 aliphatic rings. The third-order valence-electron chi connectivity index (χ3n) is 2.81. The van der Waals surface area contributed by atoms with Crippen molar-refractivity contribution in [2.75, 3.05) is 11.9 Å². The van der Waals surface area contributed by atoms with Crippen LogP contribution in [0.3, 0.4) is 0 Å². The van der Waals surface area contributed by atoms with E-state index in [0.29, 0.717) is 0 Å². The van der Waals surface area contributed by atoms with Crippen molar-refractivity contribution in [3.05, 3.63) is 24.1 Å². The smallest absolute Gasteiger partial charge is 0.172 e. The summed E-state index contributed by atoms with van der Waals surface area (Å²) in [5.41, 5.74) is 1.10. The number of nitrogens with zero attached hydrogens (tertiary/aromatic N) is 2. The van der Waals surface area contributed by atoms with Gasteiger partial charge in [0.15, 0.2) is 5.82 Å². The molecule has 114 valence electrons. The summed E-state index contributed by atoms with van der Waals surface area (Å²) < 4.78 is 2.74. The van der Waals surface area contributed by atoms with Gasteiger partial charge in [-0.05, 0) is 57.4 Å². The molecule has 2 heterocycles. The first-order chi connectivity index (χ1) is 10.1. The molecule has 0 aliphatic heterocycles. The molecule has 21 heavy (non-hydrogen) atoms. The number of aromatic nitrogens is 2. The van der Waals surface area contributed by atoms with Crippen LogP contribution >= 0.6 is 61.5 Å². The predicted octanol–water partition coefficient (Wildman–Crippen LogP) is 6.00. The van der Waals surface area contributed by atoms with E-state index in [0.717, 1.165) is 60.4 Å². The number of anilines is 1. The van der Waals surface area contributed by atoms with Crippen LogP contribution in [0.15, 0.2) is 10.5 Å². The Bertz CT molecular complexity index is 613. The van der Waals surface area contributed by atoms with Crippen molar-refractivity contribution in [2.45, 2.75) is 33.1 Å². The molecule has 2 aromatic heterocycles. The normalized spacial score (nSPS) is 10.9. The zero-order chi connectivity index (χ0) is 15.4. The van der Waals surface area contributed by atoms with E-state index in [1.165, 1.54) is 11.3 Å². The molecule has 0 saturated heterocycles. The van der Waals surface area contributed by atoms with Crippen molar-refractivity contribution < 1.29 is 0 Å². The number of nitrogens with one attached hydrogen (secondary N) is 1. The number of hydrogen-bond donors (Lipinski definition) is 1. The molecule has 0 bridgehead atoms. The van der Waals surface area contributed by atoms with E-state index in [2.05, 4.69) is 62.7 Å². The van der Waals surface area contributed by atoms with Gasteiger partial charge in [-0.2, -0.15) is 0 Å². The first-order valence-corrected chi connectivity index (χ1v) is 9.88. The number of rotatable bonds is 6. The summed E-state index contributed by atoms with van der Waals surface area (Å²) >= 11 is 13.4. The monoisotopic (exact) mass is 499 g/mol. The highest BCUT2D eigenvalue weighted by atomic mass is 127. The van der Waals surface area contributed by atoms with Crippen LogP contribution in [-0.2, 0) is 6.42 Å². The van der Waals surface area contributed by atoms with Gasteiger partial charge in [-0.15, -0.1) is 11.3 Å². The Kier molecular flexibility index (Phi) is 6.71. The van der Waals surface area contributed by atoms with Gasteiger partial charge in [0, 0.05) is 11.0 Å². The van der Waals surface area contributed by atoms with Crippen molar-refractivity contribution in [1.82, 2.24) is 9.97 Å². The molecule has 0 aliphatic carbocycles. The molecule has 1 N–H and O–H groups in total. The van der Waals surface area contributed by atoms with Gasteiger partial charge in [-0.1, -0.05) is 31.9 Å². The van der Waals surface area contributed by atoms with Crippen LogP contribution in [-0.4, -0.2) is 16.5 Å². The molecule has 0 radical (unpaired) electrons. The van der Waals surface area contributed by atoms with Gasteiger partial charge in [-0.25, -0.2) is 9.97 Å². The average Bonchev–Trinajstić information content (AvgIpc) is 2.80. The van der Waals surface area contributed by atoms with E-state index in [1.54, 1.807) is 0 Å². The first kappa shape index (κ1) is 17.4. The second kappa shape index (κ2) is 8.08. The summed E-state index contributed by atoms with van der Waals surface area (Å²) in [7, 11) is 0. The van der Waals surface area contributed by atoms with Gasteiger partial charge in [-0.3, -0.25) is 0 Å². The van der Waals surface area contributed by atoms with Gasteiger partial charge in [0.25, 0.3) is 0 Å². The van der Waals surface area contributed by atoms with Crippen LogP contribution in [0.5, 0.6) is 0 Å². The van der Waals surface area contributed by atoms with E-state index >= 15 is 0 Å². The van der Waals surface area contributed by atoms with Gasteiger partial charge < -0.3 is 5.32 Å². The minimum atomic E-state index is 0.729. The molecule has 0 atom stereocenters. The van der Waals surface area contributed by atoms with E-state index in [4.69, 9.17) is 16.6 Å². The third kappa shape index (κ3) is 4.30. The quantitative estimate of drug-likeness (QED) is 0.495. The number of hydrogen-bond acceptors (Lipinski definition) is 4. The molecule has 0 spiro atoms. The lowest BCUT2D eigenvalue weighted by atomic mass is 10.2. The van der Waals surface area contributed by atoms with Gasteiger partial charge in [0.1, 0.15) is 10.2 Å². The summed E-state index contributed by atoms with van der Waals surface area (Å²) in [6.07, 6.45) is 3.08. The largest absolute Gasteiger partial charge is 0.369 e. The number of aryl methyl sites for hydroxylation is 1. The maximum Gasteiger partial charge on any atom is 0.172 e. The number of halogens is 3. The summed E-state index contributed by atoms with van der Waals surface area (Å²) in [5.74, 6) is 1.67. The van der Waals surface area contributed by atoms with Gasteiger partial charge >= 0.3 is 0 Å². The second-order valence-electron chi connectivity index (χ2n) is 4.57. The van der Waals surface area contributed by atoms with Crippen LogP contribution in [0.1, 0.15) is 32.4 Å². The molecule has 0 fully saturated rings. The molecule has 0 unspecified atom stereocenters. The fraction of sp³-hybridized carbons (Fsp3) is 0.429. The highest BCUT2D eigenvalue weighted by Gasteiger charge is 2.15. The maximum atomic E-state index is 6.13. The van der Waals surface area contributed by atoms with Crippen LogP contribution in [0, 0.1) is 3.57 Å². The molecule has 7 heteroatoms. The third-order valence-corrected chi connectivity index (χ3v) is 6.42. The lowest BCUT2D eigenvalue weighted by Gasteiger charge is -2.11. The highest BCUT2D eigenvalue weighted by molar-refractivity contribution is 14.1. The molecule has 2 aromatic rings. The van der Waals surface area contributed by atoms with E-state index < -0.39 is 0 Å². The highest BCUT2D eigenvalue weighted by Crippen LogP contribution is 2.37. The zero-order valence-corrected chi connectivity index (χ0v) is 17.2. The fourth-order valence-electron chi connectivity index (χ4n) is 1.82. The minimum Gasteiger partial charge on any atom is -0.369 e. The second-order valence-corrected chi connectivity index (χ2v) is 8.15. The van der Waals surface area contributed by atoms with Gasteiger partial charge in [0.2, 0.25) is 0 Å². The van der Waals surface area contributed by atoms with Crippen molar-refractivity contribution >= 4 is 67.3 Å². The Balaban J connectivity index is 2.47. The van der Waals surface area contributed by atoms with Gasteiger partial charge in [0.05, 0.1) is 14.1 Å². The Morgan fingerprint density at radius 2 is 2.10 bits per heavy atom. The van der Waals surface area contributed by atoms with Crippen LogP contribution in [0.4, 0.5) is 5.82 Å². The SMILES string of the molecule is CCCNc1nc(-c2cc(Br)c(Cl)s2)nc(CCC)c1I.